The molecular formula is C23H30N4O3. The molecular weight excluding hydrogens is 380 g/mol. The van der Waals surface area contributed by atoms with Crippen molar-refractivity contribution in [1.82, 2.24) is 20.0 Å². The van der Waals surface area contributed by atoms with Gasteiger partial charge in [0.25, 0.3) is 5.91 Å². The van der Waals surface area contributed by atoms with E-state index in [1.165, 1.54) is 5.56 Å². The fourth-order valence-corrected chi connectivity index (χ4v) is 4.33. The lowest BCUT2D eigenvalue weighted by molar-refractivity contribution is -0.135. The zero-order chi connectivity index (χ0) is 20.8. The fraction of sp³-hybridized carbons (Fsp3) is 0.522. The lowest BCUT2D eigenvalue weighted by Crippen LogP contribution is -2.40. The van der Waals surface area contributed by atoms with Crippen LogP contribution < -0.4 is 0 Å². The minimum Gasteiger partial charge on any atom is -0.378 e. The minimum absolute atomic E-state index is 0.0262. The van der Waals surface area contributed by atoms with Crippen LogP contribution >= 0.6 is 0 Å². The van der Waals surface area contributed by atoms with E-state index in [1.54, 1.807) is 4.90 Å². The maximum atomic E-state index is 13.0. The van der Waals surface area contributed by atoms with E-state index in [0.29, 0.717) is 38.4 Å². The minimum atomic E-state index is -0.0719. The average Bonchev–Trinajstić information content (AvgIpc) is 3.30. The summed E-state index contributed by atoms with van der Waals surface area (Å²) in [6.45, 7) is 3.08. The van der Waals surface area contributed by atoms with Crippen LogP contribution in [0.2, 0.25) is 0 Å². The van der Waals surface area contributed by atoms with Crippen LogP contribution in [0.4, 0.5) is 0 Å². The molecule has 0 bridgehead atoms. The fourth-order valence-electron chi connectivity index (χ4n) is 4.33. The number of amides is 2. The molecule has 2 aliphatic rings. The van der Waals surface area contributed by atoms with Crippen LogP contribution in [-0.2, 0) is 16.0 Å². The summed E-state index contributed by atoms with van der Waals surface area (Å²) in [6.07, 6.45) is 5.29. The number of ether oxygens (including phenoxy) is 1. The van der Waals surface area contributed by atoms with E-state index in [1.807, 2.05) is 29.2 Å². The van der Waals surface area contributed by atoms with Gasteiger partial charge in [-0.05, 0) is 43.7 Å². The van der Waals surface area contributed by atoms with E-state index in [-0.39, 0.29) is 17.9 Å². The Morgan fingerprint density at radius 2 is 1.90 bits per heavy atom. The summed E-state index contributed by atoms with van der Waals surface area (Å²) in [6, 6.07) is 12.1. The van der Waals surface area contributed by atoms with Gasteiger partial charge < -0.3 is 14.5 Å². The molecule has 30 heavy (non-hydrogen) atoms. The number of nitrogens with zero attached hydrogens (tertiary/aromatic N) is 3. The van der Waals surface area contributed by atoms with Crippen molar-refractivity contribution in [2.24, 2.45) is 0 Å². The molecule has 1 unspecified atom stereocenters. The largest absolute Gasteiger partial charge is 0.378 e. The number of nitrogens with one attached hydrogen (secondary N) is 1. The van der Waals surface area contributed by atoms with Crippen LogP contribution in [0.5, 0.6) is 0 Å². The van der Waals surface area contributed by atoms with Gasteiger partial charge in [-0.1, -0.05) is 30.3 Å². The molecule has 0 aliphatic carbocycles. The number of carbonyl (C=O) groups is 2. The van der Waals surface area contributed by atoms with E-state index in [0.717, 1.165) is 44.3 Å². The van der Waals surface area contributed by atoms with E-state index >= 15 is 0 Å². The highest BCUT2D eigenvalue weighted by molar-refractivity contribution is 5.92. The molecule has 2 fully saturated rings. The van der Waals surface area contributed by atoms with Gasteiger partial charge >= 0.3 is 0 Å². The maximum Gasteiger partial charge on any atom is 0.274 e. The Balaban J connectivity index is 1.37. The first-order valence-corrected chi connectivity index (χ1v) is 11.0. The van der Waals surface area contributed by atoms with Gasteiger partial charge in [-0.3, -0.25) is 14.7 Å². The van der Waals surface area contributed by atoms with E-state index < -0.39 is 0 Å². The quantitative estimate of drug-likeness (QED) is 0.794. The number of benzene rings is 1. The van der Waals surface area contributed by atoms with Crippen molar-refractivity contribution in [3.05, 3.63) is 53.3 Å². The topological polar surface area (TPSA) is 78.5 Å². The van der Waals surface area contributed by atoms with Crippen molar-refractivity contribution in [1.29, 1.82) is 0 Å². The Morgan fingerprint density at radius 1 is 1.10 bits per heavy atom. The highest BCUT2D eigenvalue weighted by atomic mass is 16.5. The molecule has 1 aromatic heterocycles. The molecule has 1 atom stereocenters. The van der Waals surface area contributed by atoms with Crippen molar-refractivity contribution in [3.63, 3.8) is 0 Å². The van der Waals surface area contributed by atoms with E-state index in [2.05, 4.69) is 22.3 Å². The summed E-state index contributed by atoms with van der Waals surface area (Å²) in [5.74, 6) is 0.114. The maximum absolute atomic E-state index is 13.0. The summed E-state index contributed by atoms with van der Waals surface area (Å²) >= 11 is 0. The normalized spacial score (nSPS) is 19.7. The van der Waals surface area contributed by atoms with Gasteiger partial charge in [-0.15, -0.1) is 0 Å². The Bertz CT molecular complexity index is 845. The lowest BCUT2D eigenvalue weighted by Gasteiger charge is -2.35. The average molecular weight is 411 g/mol. The van der Waals surface area contributed by atoms with Crippen LogP contribution in [0.15, 0.2) is 36.4 Å². The van der Waals surface area contributed by atoms with Crippen LogP contribution in [0.1, 0.15) is 59.9 Å². The first kappa shape index (κ1) is 20.6. The highest BCUT2D eigenvalue weighted by Crippen LogP contribution is 2.31. The standard InChI is InChI=1S/C23H30N4O3/c28-22(11-6-9-18-7-2-1-3-8-18)27-12-5-4-10-21(27)19-17-20(25-24-19)23(29)26-13-15-30-16-14-26/h1-3,7-8,17,21H,4-6,9-16H2,(H,24,25). The summed E-state index contributed by atoms with van der Waals surface area (Å²) in [4.78, 5) is 29.4. The molecule has 3 heterocycles. The second kappa shape index (κ2) is 9.89. The molecule has 1 aromatic carbocycles. The van der Waals surface area contributed by atoms with Crippen molar-refractivity contribution in [2.45, 2.75) is 44.6 Å². The van der Waals surface area contributed by atoms with Crippen LogP contribution in [0.25, 0.3) is 0 Å². The van der Waals surface area contributed by atoms with E-state index in [9.17, 15) is 9.59 Å². The second-order valence-electron chi connectivity index (χ2n) is 8.05. The number of piperidine rings is 1. The highest BCUT2D eigenvalue weighted by Gasteiger charge is 2.30. The number of likely N-dealkylation sites (tertiary alicyclic amines) is 1. The first-order chi connectivity index (χ1) is 14.7. The smallest absolute Gasteiger partial charge is 0.274 e. The third-order valence-corrected chi connectivity index (χ3v) is 6.00. The molecule has 160 valence electrons. The SMILES string of the molecule is O=C(c1cc(C2CCCCN2C(=O)CCCc2ccccc2)[nH]n1)N1CCOCC1. The van der Waals surface area contributed by atoms with Gasteiger partial charge in [-0.25, -0.2) is 0 Å². The molecule has 4 rings (SSSR count). The molecule has 7 heteroatoms. The molecule has 0 saturated carbocycles. The second-order valence-corrected chi connectivity index (χ2v) is 8.05. The third kappa shape index (κ3) is 4.90. The zero-order valence-electron chi connectivity index (χ0n) is 17.4. The number of aromatic amines is 1. The molecule has 2 aliphatic heterocycles. The number of morpholine rings is 1. The van der Waals surface area contributed by atoms with Gasteiger partial charge in [0, 0.05) is 26.1 Å². The lowest BCUT2D eigenvalue weighted by atomic mass is 9.98. The molecule has 2 saturated heterocycles. The number of hydrogen-bond donors (Lipinski definition) is 1. The van der Waals surface area contributed by atoms with Gasteiger partial charge in [-0.2, -0.15) is 5.10 Å². The van der Waals surface area contributed by atoms with Crippen LogP contribution in [-0.4, -0.2) is 64.7 Å². The Morgan fingerprint density at radius 3 is 2.70 bits per heavy atom. The number of hydrogen-bond acceptors (Lipinski definition) is 4. The number of aryl methyl sites for hydroxylation is 1. The van der Waals surface area contributed by atoms with Gasteiger partial charge in [0.15, 0.2) is 0 Å². The Hall–Kier alpha value is -2.67. The molecule has 7 nitrogen and oxygen atoms in total. The van der Waals surface area contributed by atoms with Gasteiger partial charge in [0.2, 0.25) is 5.91 Å². The predicted molar refractivity (Wildman–Crippen MR) is 113 cm³/mol. The summed E-state index contributed by atoms with van der Waals surface area (Å²) in [5.41, 5.74) is 2.55. The molecule has 0 spiro atoms. The van der Waals surface area contributed by atoms with Crippen LogP contribution in [0.3, 0.4) is 0 Å². The van der Waals surface area contributed by atoms with Gasteiger partial charge in [0.05, 0.1) is 24.9 Å². The van der Waals surface area contributed by atoms with Crippen molar-refractivity contribution >= 4 is 11.8 Å². The molecule has 1 N–H and O–H groups in total. The van der Waals surface area contributed by atoms with Crippen LogP contribution in [0, 0.1) is 0 Å². The molecule has 0 radical (unpaired) electrons. The number of aromatic nitrogens is 2. The van der Waals surface area contributed by atoms with Crippen molar-refractivity contribution < 1.29 is 14.3 Å². The number of carbonyl (C=O) groups excluding carboxylic acids is 2. The molecule has 2 aromatic rings. The Kier molecular flexibility index (Phi) is 6.79. The summed E-state index contributed by atoms with van der Waals surface area (Å²) in [5, 5.41) is 7.31. The third-order valence-electron chi connectivity index (χ3n) is 6.00. The first-order valence-electron chi connectivity index (χ1n) is 11.0. The number of rotatable bonds is 6. The van der Waals surface area contributed by atoms with Crippen molar-refractivity contribution in [2.75, 3.05) is 32.8 Å². The predicted octanol–water partition coefficient (Wildman–Crippen LogP) is 2.96. The van der Waals surface area contributed by atoms with E-state index in [4.69, 9.17) is 4.74 Å². The Labute approximate surface area is 177 Å². The zero-order valence-corrected chi connectivity index (χ0v) is 17.4. The monoisotopic (exact) mass is 410 g/mol. The number of H-pyrrole nitrogens is 1. The molecule has 2 amide bonds. The summed E-state index contributed by atoms with van der Waals surface area (Å²) in [7, 11) is 0. The van der Waals surface area contributed by atoms with Crippen molar-refractivity contribution in [3.8, 4) is 0 Å². The van der Waals surface area contributed by atoms with Gasteiger partial charge in [0.1, 0.15) is 5.69 Å². The summed E-state index contributed by atoms with van der Waals surface area (Å²) < 4.78 is 5.32.